The van der Waals surface area contributed by atoms with Crippen molar-refractivity contribution < 1.29 is 14.4 Å². The zero-order valence-corrected chi connectivity index (χ0v) is 19.4. The Morgan fingerprint density at radius 1 is 0.735 bits per heavy atom. The second-order valence-corrected chi connectivity index (χ2v) is 8.07. The van der Waals surface area contributed by atoms with Crippen molar-refractivity contribution in [1.29, 1.82) is 0 Å². The zero-order chi connectivity index (χ0) is 24.6. The van der Waals surface area contributed by atoms with Crippen LogP contribution in [-0.2, 0) is 16.1 Å². The van der Waals surface area contributed by atoms with Crippen molar-refractivity contribution in [2.75, 3.05) is 16.4 Å². The van der Waals surface area contributed by atoms with E-state index in [1.165, 1.54) is 0 Å². The van der Waals surface area contributed by atoms with E-state index in [1.54, 1.807) is 48.5 Å². The Morgan fingerprint density at radius 2 is 1.32 bits per heavy atom. The van der Waals surface area contributed by atoms with Crippen LogP contribution in [0, 0.1) is 5.41 Å². The van der Waals surface area contributed by atoms with E-state index in [0.717, 1.165) is 5.56 Å². The van der Waals surface area contributed by atoms with Gasteiger partial charge in [-0.3, -0.25) is 14.4 Å². The first-order valence-electron chi connectivity index (χ1n) is 11.3. The molecule has 0 radical (unpaired) electrons. The lowest BCUT2D eigenvalue weighted by Gasteiger charge is -2.29. The average Bonchev–Trinajstić information content (AvgIpc) is 2.86. The molecule has 0 fully saturated rings. The number of para-hydroxylation sites is 1. The third kappa shape index (κ3) is 5.81. The fourth-order valence-electron chi connectivity index (χ4n) is 3.66. The molecule has 0 heterocycles. The fourth-order valence-corrected chi connectivity index (χ4v) is 3.66. The second kappa shape index (κ2) is 11.1. The number of hydrogen-bond acceptors (Lipinski definition) is 4. The van der Waals surface area contributed by atoms with Crippen LogP contribution in [0.15, 0.2) is 78.9 Å². The first-order chi connectivity index (χ1) is 16.4. The van der Waals surface area contributed by atoms with E-state index in [4.69, 9.17) is 5.73 Å². The van der Waals surface area contributed by atoms with Crippen LogP contribution in [0.25, 0.3) is 0 Å². The van der Waals surface area contributed by atoms with Crippen LogP contribution in [0.1, 0.15) is 42.6 Å². The van der Waals surface area contributed by atoms with Crippen molar-refractivity contribution in [3.63, 3.8) is 0 Å². The Labute approximate surface area is 199 Å². The van der Waals surface area contributed by atoms with Gasteiger partial charge in [0.25, 0.3) is 5.91 Å². The van der Waals surface area contributed by atoms with Gasteiger partial charge in [0.2, 0.25) is 11.8 Å². The molecule has 176 valence electrons. The number of carbonyl (C=O) groups excluding carboxylic acids is 3. The van der Waals surface area contributed by atoms with Gasteiger partial charge in [-0.05, 0) is 66.9 Å². The summed E-state index contributed by atoms with van der Waals surface area (Å²) in [5.41, 5.74) is 7.71. The van der Waals surface area contributed by atoms with E-state index in [9.17, 15) is 14.4 Å². The summed E-state index contributed by atoms with van der Waals surface area (Å²) in [5, 5.41) is 8.54. The number of benzene rings is 3. The molecule has 0 aromatic heterocycles. The monoisotopic (exact) mass is 458 g/mol. The van der Waals surface area contributed by atoms with E-state index in [1.807, 2.05) is 44.2 Å². The number of nitrogens with one attached hydrogen (secondary N) is 3. The lowest BCUT2D eigenvalue weighted by molar-refractivity contribution is -0.141. The zero-order valence-electron chi connectivity index (χ0n) is 19.4. The standard InChI is InChI=1S/C27H30N4O3/c1-3-27(4-2,25(33)29-18-19-10-14-21(28)15-11-19)26(34)31-23-16-12-20(13-17-23)24(32)30-22-8-6-5-7-9-22/h5-17H,3-4,18,28H2,1-2H3,(H,29,33)(H,30,32)(H,31,34). The van der Waals surface area contributed by atoms with Crippen molar-refractivity contribution in [1.82, 2.24) is 5.32 Å². The molecular weight excluding hydrogens is 428 g/mol. The number of nitrogens with two attached hydrogens (primary N) is 1. The summed E-state index contributed by atoms with van der Waals surface area (Å²) in [6, 6.07) is 23.0. The molecule has 0 saturated carbocycles. The first kappa shape index (κ1) is 24.5. The Balaban J connectivity index is 1.65. The molecule has 34 heavy (non-hydrogen) atoms. The van der Waals surface area contributed by atoms with Crippen LogP contribution in [0.5, 0.6) is 0 Å². The van der Waals surface area contributed by atoms with Crippen molar-refractivity contribution in [2.45, 2.75) is 33.2 Å². The summed E-state index contributed by atoms with van der Waals surface area (Å²) in [6.45, 7) is 3.95. The van der Waals surface area contributed by atoms with E-state index >= 15 is 0 Å². The topological polar surface area (TPSA) is 113 Å². The molecule has 7 nitrogen and oxygen atoms in total. The van der Waals surface area contributed by atoms with E-state index in [2.05, 4.69) is 16.0 Å². The van der Waals surface area contributed by atoms with Crippen molar-refractivity contribution >= 4 is 34.8 Å². The maximum atomic E-state index is 13.2. The second-order valence-electron chi connectivity index (χ2n) is 8.07. The van der Waals surface area contributed by atoms with Crippen molar-refractivity contribution in [3.05, 3.63) is 90.0 Å². The molecule has 0 bridgehead atoms. The number of carbonyl (C=O) groups is 3. The average molecular weight is 459 g/mol. The highest BCUT2D eigenvalue weighted by atomic mass is 16.2. The summed E-state index contributed by atoms with van der Waals surface area (Å²) in [6.07, 6.45) is 0.695. The first-order valence-corrected chi connectivity index (χ1v) is 11.3. The van der Waals surface area contributed by atoms with Gasteiger partial charge in [-0.15, -0.1) is 0 Å². The Kier molecular flexibility index (Phi) is 8.03. The Morgan fingerprint density at radius 3 is 1.91 bits per heavy atom. The number of rotatable bonds is 9. The normalized spacial score (nSPS) is 10.9. The minimum Gasteiger partial charge on any atom is -0.399 e. The third-order valence-corrected chi connectivity index (χ3v) is 5.95. The van der Waals surface area contributed by atoms with Crippen LogP contribution in [0.4, 0.5) is 17.1 Å². The van der Waals surface area contributed by atoms with Gasteiger partial charge in [0.05, 0.1) is 0 Å². The van der Waals surface area contributed by atoms with Crippen molar-refractivity contribution in [2.24, 2.45) is 5.41 Å². The molecule has 0 spiro atoms. The minimum atomic E-state index is -1.21. The van der Waals surface area contributed by atoms with Gasteiger partial charge in [-0.25, -0.2) is 0 Å². The SMILES string of the molecule is CCC(CC)(C(=O)NCc1ccc(N)cc1)C(=O)Nc1ccc(C(=O)Nc2ccccc2)cc1. The predicted octanol–water partition coefficient (Wildman–Crippen LogP) is 4.58. The fraction of sp³-hybridized carbons (Fsp3) is 0.222. The lowest BCUT2D eigenvalue weighted by atomic mass is 9.80. The molecule has 5 N–H and O–H groups in total. The Bertz CT molecular complexity index is 1120. The van der Waals surface area contributed by atoms with Gasteiger partial charge in [-0.1, -0.05) is 44.2 Å². The molecular formula is C27H30N4O3. The maximum absolute atomic E-state index is 13.2. The molecule has 3 aromatic carbocycles. The molecule has 3 aromatic rings. The summed E-state index contributed by atoms with van der Waals surface area (Å²) in [7, 11) is 0. The van der Waals surface area contributed by atoms with E-state index in [0.29, 0.717) is 42.0 Å². The smallest absolute Gasteiger partial charge is 0.255 e. The van der Waals surface area contributed by atoms with E-state index < -0.39 is 5.41 Å². The molecule has 7 heteroatoms. The highest BCUT2D eigenvalue weighted by Gasteiger charge is 2.42. The minimum absolute atomic E-state index is 0.248. The van der Waals surface area contributed by atoms with E-state index in [-0.39, 0.29) is 17.7 Å². The highest BCUT2D eigenvalue weighted by Crippen LogP contribution is 2.29. The molecule has 3 rings (SSSR count). The van der Waals surface area contributed by atoms with Crippen LogP contribution in [0.2, 0.25) is 0 Å². The predicted molar refractivity (Wildman–Crippen MR) is 135 cm³/mol. The molecule has 0 aliphatic heterocycles. The summed E-state index contributed by atoms with van der Waals surface area (Å²) in [5.74, 6) is -0.956. The van der Waals surface area contributed by atoms with Gasteiger partial charge >= 0.3 is 0 Å². The summed E-state index contributed by atoms with van der Waals surface area (Å²) < 4.78 is 0. The van der Waals surface area contributed by atoms with Crippen LogP contribution < -0.4 is 21.7 Å². The molecule has 0 aliphatic rings. The van der Waals surface area contributed by atoms with Gasteiger partial charge in [0, 0.05) is 29.2 Å². The van der Waals surface area contributed by atoms with Crippen molar-refractivity contribution in [3.8, 4) is 0 Å². The number of nitrogen functional groups attached to an aromatic ring is 1. The summed E-state index contributed by atoms with van der Waals surface area (Å²) in [4.78, 5) is 38.7. The number of amides is 3. The molecule has 0 unspecified atom stereocenters. The largest absolute Gasteiger partial charge is 0.399 e. The number of hydrogen-bond donors (Lipinski definition) is 4. The third-order valence-electron chi connectivity index (χ3n) is 5.95. The maximum Gasteiger partial charge on any atom is 0.255 e. The summed E-state index contributed by atoms with van der Waals surface area (Å²) >= 11 is 0. The highest BCUT2D eigenvalue weighted by molar-refractivity contribution is 6.11. The van der Waals surface area contributed by atoms with Gasteiger partial charge in [0.15, 0.2) is 0 Å². The molecule has 0 atom stereocenters. The van der Waals surface area contributed by atoms with Crippen LogP contribution in [-0.4, -0.2) is 17.7 Å². The number of anilines is 3. The lowest BCUT2D eigenvalue weighted by Crippen LogP contribution is -2.48. The van der Waals surface area contributed by atoms with Gasteiger partial charge in [0.1, 0.15) is 5.41 Å². The van der Waals surface area contributed by atoms with Gasteiger partial charge < -0.3 is 21.7 Å². The van der Waals surface area contributed by atoms with Crippen LogP contribution in [0.3, 0.4) is 0 Å². The molecule has 3 amide bonds. The Hall–Kier alpha value is -4.13. The van der Waals surface area contributed by atoms with Gasteiger partial charge in [-0.2, -0.15) is 0 Å². The quantitative estimate of drug-likeness (QED) is 0.278. The molecule has 0 aliphatic carbocycles. The molecule has 0 saturated heterocycles. The van der Waals surface area contributed by atoms with Crippen LogP contribution >= 0.6 is 0 Å².